The molecule has 452 valence electrons. The van der Waals surface area contributed by atoms with Crippen molar-refractivity contribution in [3.8, 4) is 5.75 Å². The van der Waals surface area contributed by atoms with Crippen LogP contribution in [0.15, 0.2) is 53.5 Å². The molecule has 0 aliphatic rings. The van der Waals surface area contributed by atoms with Crippen LogP contribution in [0.3, 0.4) is 0 Å². The van der Waals surface area contributed by atoms with E-state index in [2.05, 4.69) is 66.8 Å². The fourth-order valence-corrected chi connectivity index (χ4v) is 7.38. The average Bonchev–Trinajstić information content (AvgIpc) is 3.52. The topological polar surface area (TPSA) is 384 Å². The summed E-state index contributed by atoms with van der Waals surface area (Å²) < 4.78 is 42.4. The molecule has 82 heavy (non-hydrogen) atoms. The number of carbonyl (C=O) groups excluding carboxylic acids is 4. The molecule has 4 rings (SSSR count). The van der Waals surface area contributed by atoms with Crippen molar-refractivity contribution in [2.75, 3.05) is 122 Å². The van der Waals surface area contributed by atoms with Gasteiger partial charge in [0.1, 0.15) is 25.6 Å². The number of ether oxygens (including phenoxy) is 8. The molecule has 0 fully saturated rings. The highest BCUT2D eigenvalue weighted by atomic mass is 35.5. The van der Waals surface area contributed by atoms with Crippen LogP contribution in [-0.2, 0) is 50.8 Å². The summed E-state index contributed by atoms with van der Waals surface area (Å²) in [7, 11) is 1.61. The number of guanidine groups is 1. The van der Waals surface area contributed by atoms with Gasteiger partial charge >= 0.3 is 12.1 Å². The zero-order valence-corrected chi connectivity index (χ0v) is 48.5. The van der Waals surface area contributed by atoms with E-state index >= 15 is 0 Å². The lowest BCUT2D eigenvalue weighted by Gasteiger charge is -2.09. The quantitative estimate of drug-likeness (QED) is 0.00798. The minimum Gasteiger partial charge on any atom is -0.491 e. The summed E-state index contributed by atoms with van der Waals surface area (Å²) in [6.45, 7) is 7.33. The summed E-state index contributed by atoms with van der Waals surface area (Å²) in [6.07, 6.45) is 8.95. The molecule has 0 aliphatic carbocycles. The number of esters is 1. The standard InChI is InChI=1S/C36H57ClN8O11.C19H24ClN5O/c1-49-15-16-50-17-18-52-22-25-55-29(46)8-3-2-5-14-42-36(48)56-26-23-53-20-19-51-21-24-54-28-11-9-27(10-12-28)7-4-6-13-41-35(40)45-34(47)30-32(38)44-33(39)31(37)43-30;1-12-7-9-13(10-8-12)5-3-2-4-6-14(21)11-15(26)16-18(22)25-19(23)17(20)24-16/h9-12H,2-8,13-26H2,1H3,(H,42,48)(H4,38,39,44)(H3,40,41,45,47);7-10,21H,2-6,11H2,1H3,(H4,22,23,25). The second kappa shape index (κ2) is 41.9. The second-order valence-corrected chi connectivity index (χ2v) is 18.9. The van der Waals surface area contributed by atoms with Gasteiger partial charge in [-0.25, -0.2) is 24.7 Å². The molecule has 0 atom stereocenters. The van der Waals surface area contributed by atoms with Crippen LogP contribution in [0.4, 0.5) is 28.1 Å². The number of nitrogens with zero attached hydrogens (tertiary/aromatic N) is 5. The van der Waals surface area contributed by atoms with E-state index in [4.69, 9.17) is 95.2 Å². The van der Waals surface area contributed by atoms with Crippen LogP contribution in [0.5, 0.6) is 5.75 Å². The lowest BCUT2D eigenvalue weighted by atomic mass is 10.0. The minimum atomic E-state index is -0.683. The summed E-state index contributed by atoms with van der Waals surface area (Å²) in [5.74, 6) is -0.945. The zero-order valence-electron chi connectivity index (χ0n) is 47.0. The van der Waals surface area contributed by atoms with Gasteiger partial charge in [0.05, 0.1) is 65.9 Å². The summed E-state index contributed by atoms with van der Waals surface area (Å²) in [5.41, 5.74) is 32.1. The molecule has 4 aromatic rings. The molecule has 0 unspecified atom stereocenters. The molecule has 0 saturated carbocycles. The molecule has 2 aromatic heterocycles. The van der Waals surface area contributed by atoms with Gasteiger partial charge in [-0.05, 0) is 88.0 Å². The fourth-order valence-electron chi connectivity index (χ4n) is 7.13. The van der Waals surface area contributed by atoms with Crippen molar-refractivity contribution in [1.29, 1.82) is 5.41 Å². The molecular weight excluding hydrogens is 1110 g/mol. The third-order valence-electron chi connectivity index (χ3n) is 11.5. The van der Waals surface area contributed by atoms with Gasteiger partial charge in [0.25, 0.3) is 5.91 Å². The molecule has 0 spiro atoms. The van der Waals surface area contributed by atoms with Crippen molar-refractivity contribution in [2.24, 2.45) is 10.7 Å². The number of nitrogens with one attached hydrogen (secondary N) is 3. The van der Waals surface area contributed by atoms with Crippen LogP contribution < -0.4 is 44.0 Å². The molecule has 0 radical (unpaired) electrons. The highest BCUT2D eigenvalue weighted by molar-refractivity contribution is 6.32. The van der Waals surface area contributed by atoms with Gasteiger partial charge in [0.2, 0.25) is 0 Å². The predicted octanol–water partition coefficient (Wildman–Crippen LogP) is 6.28. The zero-order chi connectivity index (χ0) is 59.7. The summed E-state index contributed by atoms with van der Waals surface area (Å²) >= 11 is 11.6. The molecule has 0 saturated heterocycles. The Morgan fingerprint density at radius 1 is 0.585 bits per heavy atom. The van der Waals surface area contributed by atoms with E-state index in [1.807, 2.05) is 24.3 Å². The highest BCUT2D eigenvalue weighted by Crippen LogP contribution is 2.20. The average molecular weight is 1190 g/mol. The molecule has 2 aromatic carbocycles. The van der Waals surface area contributed by atoms with E-state index in [1.54, 1.807) is 7.11 Å². The third kappa shape index (κ3) is 31.3. The Labute approximate surface area is 489 Å². The SMILES string of the molecule is COCCOCCOCCOC(=O)CCCCCNC(=O)OCCOCCOCCOc1ccc(CCCCN=C(N)NC(=O)c2nc(Cl)c(N)nc2N)cc1.Cc1ccc(CCCCCC(=N)CC(=O)c2nc(Cl)c(N)nc2N)cc1. The number of methoxy groups -OCH3 is 1. The summed E-state index contributed by atoms with van der Waals surface area (Å²) in [4.78, 5) is 67.5. The number of rotatable bonds is 40. The van der Waals surface area contributed by atoms with Gasteiger partial charge in [-0.2, -0.15) is 0 Å². The third-order valence-corrected chi connectivity index (χ3v) is 12.1. The van der Waals surface area contributed by atoms with Crippen LogP contribution in [0, 0.1) is 12.3 Å². The predicted molar refractivity (Wildman–Crippen MR) is 315 cm³/mol. The number of Topliss-reactive ketones (excluding diaryl/α,β-unsaturated/α-hetero) is 1. The van der Waals surface area contributed by atoms with Crippen LogP contribution in [0.25, 0.3) is 0 Å². The number of nitrogens with two attached hydrogens (primary N) is 5. The number of benzene rings is 2. The number of nitrogen functional groups attached to an aromatic ring is 4. The van der Waals surface area contributed by atoms with Crippen LogP contribution in [-0.4, -0.2) is 155 Å². The summed E-state index contributed by atoms with van der Waals surface area (Å²) in [5, 5.41) is 12.9. The first-order valence-electron chi connectivity index (χ1n) is 27.1. The van der Waals surface area contributed by atoms with Crippen LogP contribution >= 0.6 is 23.2 Å². The van der Waals surface area contributed by atoms with E-state index in [0.717, 1.165) is 69.1 Å². The first-order valence-corrected chi connectivity index (χ1v) is 27.8. The van der Waals surface area contributed by atoms with E-state index in [0.29, 0.717) is 97.5 Å². The smallest absolute Gasteiger partial charge is 0.407 e. The first-order chi connectivity index (χ1) is 39.6. The number of anilines is 4. The van der Waals surface area contributed by atoms with E-state index < -0.39 is 12.0 Å². The minimum absolute atomic E-state index is 0.00984. The van der Waals surface area contributed by atoms with Gasteiger partial charge in [0, 0.05) is 32.3 Å². The Morgan fingerprint density at radius 2 is 1.10 bits per heavy atom. The van der Waals surface area contributed by atoms with Gasteiger partial charge < -0.3 is 77.3 Å². The van der Waals surface area contributed by atoms with Crippen molar-refractivity contribution >= 4 is 81.9 Å². The maximum Gasteiger partial charge on any atom is 0.407 e. The molecule has 27 heteroatoms. The molecule has 25 nitrogen and oxygen atoms in total. The van der Waals surface area contributed by atoms with Crippen molar-refractivity contribution in [2.45, 2.75) is 90.4 Å². The molecule has 2 amide bonds. The molecule has 13 N–H and O–H groups in total. The monoisotopic (exact) mass is 1190 g/mol. The van der Waals surface area contributed by atoms with E-state index in [-0.39, 0.29) is 88.9 Å². The number of aryl methyl sites for hydroxylation is 3. The van der Waals surface area contributed by atoms with Crippen LogP contribution in [0.2, 0.25) is 10.3 Å². The van der Waals surface area contributed by atoms with Gasteiger partial charge in [-0.3, -0.25) is 24.7 Å². The Kier molecular flexibility index (Phi) is 35.4. The lowest BCUT2D eigenvalue weighted by Crippen LogP contribution is -2.38. The first kappa shape index (κ1) is 69.3. The number of hydrogen-bond donors (Lipinski definition) is 8. The Balaban J connectivity index is 0.000000562. The molecule has 0 bridgehead atoms. The van der Waals surface area contributed by atoms with Crippen molar-refractivity contribution in [3.05, 3.63) is 86.9 Å². The number of aromatic nitrogens is 4. The molecule has 0 aliphatic heterocycles. The fraction of sp³-hybridized carbons (Fsp3) is 0.527. The van der Waals surface area contributed by atoms with Gasteiger partial charge in [0.15, 0.2) is 56.7 Å². The summed E-state index contributed by atoms with van der Waals surface area (Å²) in [6, 6.07) is 16.4. The largest absolute Gasteiger partial charge is 0.491 e. The number of amides is 2. The number of aliphatic imine (C=N–C) groups is 1. The van der Waals surface area contributed by atoms with E-state index in [9.17, 15) is 19.2 Å². The second-order valence-electron chi connectivity index (χ2n) is 18.2. The number of ketones is 1. The Morgan fingerprint density at radius 3 is 1.72 bits per heavy atom. The number of unbranched alkanes of at least 4 members (excludes halogenated alkanes) is 5. The number of halogens is 2. The van der Waals surface area contributed by atoms with Crippen molar-refractivity contribution in [3.63, 3.8) is 0 Å². The maximum atomic E-state index is 12.3. The molecule has 2 heterocycles. The van der Waals surface area contributed by atoms with E-state index in [1.165, 1.54) is 11.1 Å². The highest BCUT2D eigenvalue weighted by Gasteiger charge is 2.19. The van der Waals surface area contributed by atoms with Gasteiger partial charge in [-0.1, -0.05) is 78.0 Å². The normalized spacial score (nSPS) is 11.1. The maximum absolute atomic E-state index is 12.3. The number of carbonyl (C=O) groups is 4. The van der Waals surface area contributed by atoms with Crippen LogP contribution in [0.1, 0.15) is 108 Å². The lowest BCUT2D eigenvalue weighted by molar-refractivity contribution is -0.145. The van der Waals surface area contributed by atoms with Crippen molar-refractivity contribution in [1.82, 2.24) is 30.6 Å². The Bertz CT molecular complexity index is 2570. The molecular formula is C55H81Cl2N13O12. The number of hydrogen-bond acceptors (Lipinski definition) is 22. The number of alkyl carbamates (subject to hydrolysis) is 1. The van der Waals surface area contributed by atoms with Gasteiger partial charge in [-0.15, -0.1) is 0 Å². The van der Waals surface area contributed by atoms with Crippen molar-refractivity contribution < 1.29 is 57.1 Å². The Hall–Kier alpha value is -7.00.